The van der Waals surface area contributed by atoms with Gasteiger partial charge in [-0.2, -0.15) is 0 Å². The van der Waals surface area contributed by atoms with Crippen molar-refractivity contribution in [3.05, 3.63) is 34.9 Å². The zero-order valence-corrected chi connectivity index (χ0v) is 12.8. The maximum atomic E-state index is 2.47. The topological polar surface area (TPSA) is 0 Å². The summed E-state index contributed by atoms with van der Waals surface area (Å²) in [6.07, 6.45) is 6.41. The lowest BCUT2D eigenvalue weighted by atomic mass is 9.57. The fraction of sp³-hybridized carbons (Fsp3) is 0.667. The molecular weight excluding hydrogens is 216 g/mol. The molecular formula is C18H28. The lowest BCUT2D eigenvalue weighted by Crippen LogP contribution is -2.41. The highest BCUT2D eigenvalue weighted by Gasteiger charge is 2.42. The highest BCUT2D eigenvalue weighted by atomic mass is 14.5. The summed E-state index contributed by atoms with van der Waals surface area (Å²) in [5, 5.41) is 0. The van der Waals surface area contributed by atoms with Crippen LogP contribution < -0.4 is 0 Å². The van der Waals surface area contributed by atoms with Crippen molar-refractivity contribution >= 4 is 0 Å². The quantitative estimate of drug-likeness (QED) is 0.678. The Morgan fingerprint density at radius 1 is 1.11 bits per heavy atom. The van der Waals surface area contributed by atoms with Crippen LogP contribution in [0, 0.1) is 5.41 Å². The van der Waals surface area contributed by atoms with Crippen LogP contribution in [0.1, 0.15) is 70.6 Å². The Labute approximate surface area is 113 Å². The Kier molecular flexibility index (Phi) is 3.58. The molecule has 0 heterocycles. The molecule has 0 saturated carbocycles. The summed E-state index contributed by atoms with van der Waals surface area (Å²) in [4.78, 5) is 0. The third-order valence-corrected chi connectivity index (χ3v) is 5.37. The van der Waals surface area contributed by atoms with E-state index in [1.54, 1.807) is 11.1 Å². The zero-order chi connectivity index (χ0) is 13.4. The first-order valence-corrected chi connectivity index (χ1v) is 7.51. The van der Waals surface area contributed by atoms with E-state index in [1.807, 2.05) is 0 Å². The van der Waals surface area contributed by atoms with Gasteiger partial charge < -0.3 is 0 Å². The van der Waals surface area contributed by atoms with Gasteiger partial charge in [0.15, 0.2) is 0 Å². The Hall–Kier alpha value is -0.780. The van der Waals surface area contributed by atoms with Gasteiger partial charge in [0.25, 0.3) is 0 Å². The summed E-state index contributed by atoms with van der Waals surface area (Å²) in [7, 11) is 0. The number of hydrogen-bond acceptors (Lipinski definition) is 0. The molecule has 0 atom stereocenters. The van der Waals surface area contributed by atoms with E-state index in [2.05, 4.69) is 52.8 Å². The van der Waals surface area contributed by atoms with E-state index in [9.17, 15) is 0 Å². The fourth-order valence-corrected chi connectivity index (χ4v) is 3.12. The molecule has 0 amide bonds. The van der Waals surface area contributed by atoms with E-state index in [-0.39, 0.29) is 0 Å². The molecule has 0 N–H and O–H groups in total. The van der Waals surface area contributed by atoms with Gasteiger partial charge in [-0.25, -0.2) is 0 Å². The van der Waals surface area contributed by atoms with Crippen LogP contribution in [0.3, 0.4) is 0 Å². The molecule has 0 aromatic heterocycles. The highest BCUT2D eigenvalue weighted by molar-refractivity contribution is 5.40. The first kappa shape index (κ1) is 13.6. The minimum absolute atomic E-state index is 0.296. The third-order valence-electron chi connectivity index (χ3n) is 5.37. The normalized spacial score (nSPS) is 20.5. The van der Waals surface area contributed by atoms with E-state index >= 15 is 0 Å². The summed E-state index contributed by atoms with van der Waals surface area (Å²) in [6, 6.07) is 7.24. The van der Waals surface area contributed by atoms with Gasteiger partial charge in [-0.15, -0.1) is 0 Å². The van der Waals surface area contributed by atoms with Crippen LogP contribution in [0.2, 0.25) is 0 Å². The van der Waals surface area contributed by atoms with Gasteiger partial charge in [-0.1, -0.05) is 59.2 Å². The molecule has 1 aromatic rings. The van der Waals surface area contributed by atoms with Gasteiger partial charge in [-0.3, -0.25) is 0 Å². The lowest BCUT2D eigenvalue weighted by Gasteiger charge is -2.47. The number of rotatable bonds is 3. The monoisotopic (exact) mass is 244 g/mol. The Balaban J connectivity index is 2.34. The van der Waals surface area contributed by atoms with Gasteiger partial charge in [0.2, 0.25) is 0 Å². The van der Waals surface area contributed by atoms with Crippen molar-refractivity contribution in [1.29, 1.82) is 0 Å². The third kappa shape index (κ3) is 2.22. The largest absolute Gasteiger partial charge is 0.0654 e. The Morgan fingerprint density at radius 3 is 2.50 bits per heavy atom. The van der Waals surface area contributed by atoms with Gasteiger partial charge >= 0.3 is 0 Å². The van der Waals surface area contributed by atoms with Crippen LogP contribution in [0.25, 0.3) is 0 Å². The van der Waals surface area contributed by atoms with Crippen LogP contribution in [0.4, 0.5) is 0 Å². The highest BCUT2D eigenvalue weighted by Crippen LogP contribution is 2.49. The van der Waals surface area contributed by atoms with E-state index in [0.717, 1.165) is 0 Å². The summed E-state index contributed by atoms with van der Waals surface area (Å²) >= 11 is 0. The predicted molar refractivity (Wildman–Crippen MR) is 80.2 cm³/mol. The molecule has 2 rings (SSSR count). The molecule has 0 radical (unpaired) electrons. The van der Waals surface area contributed by atoms with Crippen LogP contribution >= 0.6 is 0 Å². The van der Waals surface area contributed by atoms with E-state index < -0.39 is 0 Å². The Morgan fingerprint density at radius 2 is 1.83 bits per heavy atom. The van der Waals surface area contributed by atoms with E-state index in [1.165, 1.54) is 37.7 Å². The van der Waals surface area contributed by atoms with Crippen molar-refractivity contribution in [2.45, 2.75) is 72.1 Å². The second kappa shape index (κ2) is 4.72. The molecule has 1 aromatic carbocycles. The van der Waals surface area contributed by atoms with Crippen molar-refractivity contribution in [3.8, 4) is 0 Å². The molecule has 0 fully saturated rings. The van der Waals surface area contributed by atoms with Gasteiger partial charge in [0.1, 0.15) is 0 Å². The molecule has 0 saturated heterocycles. The summed E-state index contributed by atoms with van der Waals surface area (Å²) in [5.41, 5.74) is 5.42. The lowest BCUT2D eigenvalue weighted by molar-refractivity contribution is 0.165. The van der Waals surface area contributed by atoms with E-state index in [0.29, 0.717) is 10.8 Å². The smallest absolute Gasteiger partial charge is 0.00496 e. The second-order valence-electron chi connectivity index (χ2n) is 7.10. The molecule has 0 heteroatoms. The van der Waals surface area contributed by atoms with Crippen molar-refractivity contribution in [3.63, 3.8) is 0 Å². The molecule has 0 unspecified atom stereocenters. The van der Waals surface area contributed by atoms with Crippen molar-refractivity contribution in [2.24, 2.45) is 5.41 Å². The summed E-state index contributed by atoms with van der Waals surface area (Å²) in [5.74, 6) is 0. The van der Waals surface area contributed by atoms with Crippen LogP contribution in [0.5, 0.6) is 0 Å². The SMILES string of the molecule is CCCCc1ccc2c(c1)CCC(C)(C)C2(C)C. The van der Waals surface area contributed by atoms with Gasteiger partial charge in [0, 0.05) is 0 Å². The van der Waals surface area contributed by atoms with Crippen LogP contribution in [0.15, 0.2) is 18.2 Å². The molecule has 0 nitrogen and oxygen atoms in total. The van der Waals surface area contributed by atoms with Crippen molar-refractivity contribution < 1.29 is 0 Å². The maximum Gasteiger partial charge on any atom is -0.00496 e. The molecule has 18 heavy (non-hydrogen) atoms. The predicted octanol–water partition coefficient (Wildman–Crippen LogP) is 5.28. The number of hydrogen-bond donors (Lipinski definition) is 0. The first-order valence-electron chi connectivity index (χ1n) is 7.51. The minimum atomic E-state index is 0.296. The van der Waals surface area contributed by atoms with Gasteiger partial charge in [0.05, 0.1) is 0 Å². The Bertz CT molecular complexity index is 424. The number of fused-ring (bicyclic) bond motifs is 1. The van der Waals surface area contributed by atoms with Gasteiger partial charge in [-0.05, 0) is 53.2 Å². The summed E-state index contributed by atoms with van der Waals surface area (Å²) < 4.78 is 0. The van der Waals surface area contributed by atoms with Crippen molar-refractivity contribution in [1.82, 2.24) is 0 Å². The molecule has 0 aliphatic heterocycles. The number of aryl methyl sites for hydroxylation is 2. The molecule has 0 bridgehead atoms. The van der Waals surface area contributed by atoms with Crippen molar-refractivity contribution in [2.75, 3.05) is 0 Å². The molecule has 1 aliphatic rings. The molecule has 1 aliphatic carbocycles. The second-order valence-corrected chi connectivity index (χ2v) is 7.10. The average molecular weight is 244 g/mol. The molecule has 0 spiro atoms. The van der Waals surface area contributed by atoms with Crippen LogP contribution in [-0.2, 0) is 18.3 Å². The van der Waals surface area contributed by atoms with E-state index in [4.69, 9.17) is 0 Å². The summed E-state index contributed by atoms with van der Waals surface area (Å²) in [6.45, 7) is 11.9. The average Bonchev–Trinajstić information content (AvgIpc) is 2.32. The standard InChI is InChI=1S/C18H28/c1-6-7-8-14-9-10-16-15(13-14)11-12-17(2,3)18(16,4)5/h9-10,13H,6-8,11-12H2,1-5H3. The number of unbranched alkanes of at least 4 members (excludes halogenated alkanes) is 1. The molecule has 100 valence electrons. The fourth-order valence-electron chi connectivity index (χ4n) is 3.12. The van der Waals surface area contributed by atoms with Crippen LogP contribution in [-0.4, -0.2) is 0 Å². The number of benzene rings is 1. The first-order chi connectivity index (χ1) is 8.38. The minimum Gasteiger partial charge on any atom is -0.0654 e. The zero-order valence-electron chi connectivity index (χ0n) is 12.8. The maximum absolute atomic E-state index is 2.47.